The fourth-order valence-electron chi connectivity index (χ4n) is 2.79. The topological polar surface area (TPSA) is 99.0 Å². The Morgan fingerprint density at radius 3 is 2.84 bits per heavy atom. The molecule has 128 valence electrons. The summed E-state index contributed by atoms with van der Waals surface area (Å²) in [5.41, 5.74) is 8.72. The predicted molar refractivity (Wildman–Crippen MR) is 89.5 cm³/mol. The highest BCUT2D eigenvalue weighted by molar-refractivity contribution is 5.89. The van der Waals surface area contributed by atoms with Crippen LogP contribution in [-0.4, -0.2) is 42.6 Å². The normalized spacial score (nSPS) is 11.7. The monoisotopic (exact) mass is 344 g/mol. The van der Waals surface area contributed by atoms with Crippen LogP contribution in [0.4, 0.5) is 20.5 Å². The molecule has 0 bridgehead atoms. The van der Waals surface area contributed by atoms with Crippen molar-refractivity contribution >= 4 is 28.4 Å². The maximum absolute atomic E-state index is 12.7. The molecule has 4 rings (SSSR count). The van der Waals surface area contributed by atoms with E-state index in [2.05, 4.69) is 25.4 Å². The number of nitrogen functional groups attached to an aromatic ring is 1. The molecule has 10 heteroatoms. The molecule has 0 saturated carbocycles. The minimum Gasteiger partial charge on any atom is -0.371 e. The van der Waals surface area contributed by atoms with Gasteiger partial charge in [0.15, 0.2) is 11.5 Å². The van der Waals surface area contributed by atoms with Gasteiger partial charge in [0.25, 0.3) is 6.43 Å². The van der Waals surface area contributed by atoms with Gasteiger partial charge < -0.3 is 15.6 Å². The molecule has 8 nitrogen and oxygen atoms in total. The van der Waals surface area contributed by atoms with Gasteiger partial charge in [-0.15, -0.1) is 5.10 Å². The van der Waals surface area contributed by atoms with Gasteiger partial charge in [-0.3, -0.25) is 0 Å². The number of nitrogens with one attached hydrogen (secondary N) is 1. The number of aromatic nitrogens is 6. The molecule has 0 saturated heterocycles. The number of pyridine rings is 1. The summed E-state index contributed by atoms with van der Waals surface area (Å²) in [6.07, 6.45) is 0.630. The van der Waals surface area contributed by atoms with Crippen LogP contribution in [0.25, 0.3) is 27.9 Å². The van der Waals surface area contributed by atoms with Crippen LogP contribution in [0.2, 0.25) is 0 Å². The van der Waals surface area contributed by atoms with E-state index in [1.165, 1.54) is 10.9 Å². The SMILES string of the molecule is CNc1nc(N)nn2ccc(-c3ccc4ncn(CC(F)F)c4n3)c12. The van der Waals surface area contributed by atoms with Gasteiger partial charge in [-0.2, -0.15) is 4.98 Å². The summed E-state index contributed by atoms with van der Waals surface area (Å²) in [6.45, 7) is -0.453. The maximum Gasteiger partial charge on any atom is 0.256 e. The molecule has 4 aromatic heterocycles. The molecule has 0 unspecified atom stereocenters. The Hall–Kier alpha value is -3.30. The largest absolute Gasteiger partial charge is 0.371 e. The molecule has 0 aliphatic heterocycles. The van der Waals surface area contributed by atoms with Gasteiger partial charge >= 0.3 is 0 Å². The first-order valence-corrected chi connectivity index (χ1v) is 7.50. The van der Waals surface area contributed by atoms with E-state index in [0.717, 1.165) is 5.56 Å². The maximum atomic E-state index is 12.7. The smallest absolute Gasteiger partial charge is 0.256 e. The quantitative estimate of drug-likeness (QED) is 0.588. The van der Waals surface area contributed by atoms with Crippen LogP contribution in [0, 0.1) is 0 Å². The summed E-state index contributed by atoms with van der Waals surface area (Å²) in [5.74, 6) is 0.688. The number of nitrogens with two attached hydrogens (primary N) is 1. The number of halogens is 2. The highest BCUT2D eigenvalue weighted by atomic mass is 19.3. The van der Waals surface area contributed by atoms with Crippen LogP contribution in [0.5, 0.6) is 0 Å². The Balaban J connectivity index is 1.91. The zero-order valence-corrected chi connectivity index (χ0v) is 13.2. The van der Waals surface area contributed by atoms with Crippen molar-refractivity contribution in [1.29, 1.82) is 0 Å². The molecule has 0 amide bonds. The summed E-state index contributed by atoms with van der Waals surface area (Å²) in [6, 6.07) is 5.36. The van der Waals surface area contributed by atoms with E-state index in [1.807, 2.05) is 6.07 Å². The van der Waals surface area contributed by atoms with Crippen LogP contribution in [0.3, 0.4) is 0 Å². The molecular formula is C15H14F2N8. The van der Waals surface area contributed by atoms with Crippen molar-refractivity contribution in [3.05, 3.63) is 30.7 Å². The second-order valence-electron chi connectivity index (χ2n) is 5.42. The van der Waals surface area contributed by atoms with E-state index in [1.54, 1.807) is 29.9 Å². The summed E-state index contributed by atoms with van der Waals surface area (Å²) in [7, 11) is 1.73. The molecule has 4 aromatic rings. The van der Waals surface area contributed by atoms with E-state index in [9.17, 15) is 8.78 Å². The predicted octanol–water partition coefficient (Wildman–Crippen LogP) is 2.03. The third-order valence-electron chi connectivity index (χ3n) is 3.84. The molecule has 0 radical (unpaired) electrons. The Bertz CT molecular complexity index is 1070. The van der Waals surface area contributed by atoms with Gasteiger partial charge in [-0.05, 0) is 18.2 Å². The van der Waals surface area contributed by atoms with Crippen LogP contribution in [0.15, 0.2) is 30.7 Å². The van der Waals surface area contributed by atoms with Crippen molar-refractivity contribution in [3.63, 3.8) is 0 Å². The Morgan fingerprint density at radius 1 is 1.24 bits per heavy atom. The lowest BCUT2D eigenvalue weighted by Crippen LogP contribution is -2.06. The Morgan fingerprint density at radius 2 is 2.08 bits per heavy atom. The number of anilines is 2. The summed E-state index contributed by atoms with van der Waals surface area (Å²) >= 11 is 0. The highest BCUT2D eigenvalue weighted by Gasteiger charge is 2.16. The average Bonchev–Trinajstić information content (AvgIpc) is 3.17. The van der Waals surface area contributed by atoms with Crippen LogP contribution in [-0.2, 0) is 6.54 Å². The summed E-state index contributed by atoms with van der Waals surface area (Å²) in [5, 5.41) is 7.12. The van der Waals surface area contributed by atoms with Crippen molar-refractivity contribution in [2.45, 2.75) is 13.0 Å². The van der Waals surface area contributed by atoms with Crippen molar-refractivity contribution in [2.75, 3.05) is 18.1 Å². The molecule has 0 spiro atoms. The third-order valence-corrected chi connectivity index (χ3v) is 3.84. The molecule has 0 aromatic carbocycles. The number of rotatable bonds is 4. The standard InChI is InChI=1S/C15H14F2N8/c1-19-13-12-8(4-5-25(12)23-15(18)22-13)9-2-3-10-14(21-9)24(7-20-10)6-11(16)17/h2-5,7,11H,6H2,1H3,(H3,18,19,22,23). The van der Waals surface area contributed by atoms with Crippen LogP contribution in [0.1, 0.15) is 0 Å². The third kappa shape index (κ3) is 2.51. The van der Waals surface area contributed by atoms with E-state index in [-0.39, 0.29) is 5.95 Å². The Labute approximate surface area is 140 Å². The lowest BCUT2D eigenvalue weighted by Gasteiger charge is -2.07. The lowest BCUT2D eigenvalue weighted by molar-refractivity contribution is 0.128. The number of hydrogen-bond acceptors (Lipinski definition) is 6. The molecule has 3 N–H and O–H groups in total. The molecule has 0 aliphatic rings. The number of alkyl halides is 2. The lowest BCUT2D eigenvalue weighted by atomic mass is 10.2. The van der Waals surface area contributed by atoms with Gasteiger partial charge in [-0.25, -0.2) is 23.3 Å². The van der Waals surface area contributed by atoms with Gasteiger partial charge in [0.05, 0.1) is 18.6 Å². The number of nitrogens with zero attached hydrogens (tertiary/aromatic N) is 6. The molecule has 0 atom stereocenters. The van der Waals surface area contributed by atoms with Gasteiger partial charge in [0.2, 0.25) is 5.95 Å². The molecular weight excluding hydrogens is 330 g/mol. The Kier molecular flexibility index (Phi) is 3.45. The van der Waals surface area contributed by atoms with Gasteiger partial charge in [-0.1, -0.05) is 0 Å². The molecule has 0 fully saturated rings. The second-order valence-corrected chi connectivity index (χ2v) is 5.42. The number of imidazole rings is 1. The van der Waals surface area contributed by atoms with Crippen LogP contribution < -0.4 is 11.1 Å². The first-order valence-electron chi connectivity index (χ1n) is 7.50. The first-order chi connectivity index (χ1) is 12.1. The first kappa shape index (κ1) is 15.2. The van der Waals surface area contributed by atoms with Crippen LogP contribution >= 0.6 is 0 Å². The number of hydrogen-bond donors (Lipinski definition) is 2. The van der Waals surface area contributed by atoms with E-state index < -0.39 is 13.0 Å². The average molecular weight is 344 g/mol. The van der Waals surface area contributed by atoms with E-state index in [4.69, 9.17) is 5.73 Å². The summed E-state index contributed by atoms with van der Waals surface area (Å²) in [4.78, 5) is 12.8. The van der Waals surface area contributed by atoms with Crippen molar-refractivity contribution in [1.82, 2.24) is 29.1 Å². The second kappa shape index (κ2) is 5.65. The van der Waals surface area contributed by atoms with E-state index >= 15 is 0 Å². The zero-order valence-electron chi connectivity index (χ0n) is 13.2. The minimum absolute atomic E-state index is 0.137. The van der Waals surface area contributed by atoms with Gasteiger partial charge in [0, 0.05) is 18.8 Å². The molecule has 0 aliphatic carbocycles. The zero-order chi connectivity index (χ0) is 17.6. The fourth-order valence-corrected chi connectivity index (χ4v) is 2.79. The fraction of sp³-hybridized carbons (Fsp3) is 0.200. The van der Waals surface area contributed by atoms with Crippen molar-refractivity contribution < 1.29 is 8.78 Å². The number of fused-ring (bicyclic) bond motifs is 2. The van der Waals surface area contributed by atoms with Crippen molar-refractivity contribution in [3.8, 4) is 11.3 Å². The summed E-state index contributed by atoms with van der Waals surface area (Å²) < 4.78 is 28.4. The van der Waals surface area contributed by atoms with E-state index in [0.29, 0.717) is 28.2 Å². The highest BCUT2D eigenvalue weighted by Crippen LogP contribution is 2.29. The minimum atomic E-state index is -2.48. The molecule has 25 heavy (non-hydrogen) atoms. The van der Waals surface area contributed by atoms with Gasteiger partial charge in [0.1, 0.15) is 11.0 Å². The van der Waals surface area contributed by atoms with Crippen molar-refractivity contribution in [2.24, 2.45) is 0 Å². The molecule has 4 heterocycles.